The van der Waals surface area contributed by atoms with Crippen LogP contribution in [0.5, 0.6) is 0 Å². The summed E-state index contributed by atoms with van der Waals surface area (Å²) >= 11 is 0. The number of aliphatic hydroxyl groups excluding tert-OH is 1. The number of carbonyl (C=O) groups is 2. The van der Waals surface area contributed by atoms with E-state index in [0.29, 0.717) is 6.54 Å². The van der Waals surface area contributed by atoms with Gasteiger partial charge in [-0.1, -0.05) is 0 Å². The Bertz CT molecular complexity index is 234. The number of amides is 2. The third-order valence-electron chi connectivity index (χ3n) is 2.30. The Kier molecular flexibility index (Phi) is 1.96. The predicted octanol–water partition coefficient (Wildman–Crippen LogP) is -0.238. The molecule has 1 aliphatic heterocycles. The number of imide groups is 1. The lowest BCUT2D eigenvalue weighted by Crippen LogP contribution is -2.32. The van der Waals surface area contributed by atoms with E-state index in [1.165, 1.54) is 0 Å². The SMILES string of the molecule is CCN1C(=O)C(O)C(C)(C)C1=O. The van der Waals surface area contributed by atoms with E-state index < -0.39 is 17.4 Å². The number of hydrogen-bond acceptors (Lipinski definition) is 3. The Balaban J connectivity index is 3.02. The summed E-state index contributed by atoms with van der Waals surface area (Å²) in [5, 5.41) is 9.39. The van der Waals surface area contributed by atoms with Gasteiger partial charge in [-0.25, -0.2) is 0 Å². The standard InChI is InChI=1S/C8H13NO3/c1-4-9-6(11)5(10)8(2,3)7(9)12/h5,10H,4H2,1-3H3. The summed E-state index contributed by atoms with van der Waals surface area (Å²) in [5.74, 6) is -0.769. The van der Waals surface area contributed by atoms with E-state index in [1.54, 1.807) is 20.8 Å². The van der Waals surface area contributed by atoms with Gasteiger partial charge in [-0.15, -0.1) is 0 Å². The number of hydrogen-bond donors (Lipinski definition) is 1. The first-order valence-corrected chi connectivity index (χ1v) is 3.96. The summed E-state index contributed by atoms with van der Waals surface area (Å²) < 4.78 is 0. The van der Waals surface area contributed by atoms with Gasteiger partial charge in [-0.2, -0.15) is 0 Å². The average Bonchev–Trinajstić information content (AvgIpc) is 2.15. The Hall–Kier alpha value is -0.900. The minimum Gasteiger partial charge on any atom is -0.382 e. The molecule has 0 aromatic carbocycles. The zero-order valence-corrected chi connectivity index (χ0v) is 7.50. The first-order valence-electron chi connectivity index (χ1n) is 3.96. The van der Waals surface area contributed by atoms with Crippen LogP contribution in [0.2, 0.25) is 0 Å². The van der Waals surface area contributed by atoms with E-state index in [1.807, 2.05) is 0 Å². The Morgan fingerprint density at radius 3 is 2.17 bits per heavy atom. The van der Waals surface area contributed by atoms with Crippen molar-refractivity contribution in [1.29, 1.82) is 0 Å². The van der Waals surface area contributed by atoms with E-state index in [0.717, 1.165) is 4.90 Å². The molecule has 0 aromatic heterocycles. The Morgan fingerprint density at radius 1 is 1.50 bits per heavy atom. The molecule has 1 fully saturated rings. The summed E-state index contributed by atoms with van der Waals surface area (Å²) in [5.41, 5.74) is -0.951. The molecular weight excluding hydrogens is 158 g/mol. The van der Waals surface area contributed by atoms with Crippen molar-refractivity contribution in [2.75, 3.05) is 6.54 Å². The van der Waals surface area contributed by atoms with Crippen molar-refractivity contribution in [1.82, 2.24) is 4.90 Å². The second kappa shape index (κ2) is 2.55. The van der Waals surface area contributed by atoms with Gasteiger partial charge in [0.25, 0.3) is 5.91 Å². The average molecular weight is 171 g/mol. The number of carbonyl (C=O) groups excluding carboxylic acids is 2. The van der Waals surface area contributed by atoms with E-state index in [2.05, 4.69) is 0 Å². The highest BCUT2D eigenvalue weighted by molar-refractivity contribution is 6.08. The molecule has 12 heavy (non-hydrogen) atoms. The second-order valence-electron chi connectivity index (χ2n) is 3.51. The van der Waals surface area contributed by atoms with Crippen LogP contribution < -0.4 is 0 Å². The molecule has 0 radical (unpaired) electrons. The maximum absolute atomic E-state index is 11.4. The monoisotopic (exact) mass is 171 g/mol. The molecule has 4 nitrogen and oxygen atoms in total. The quantitative estimate of drug-likeness (QED) is 0.554. The molecule has 1 unspecified atom stereocenters. The first kappa shape index (κ1) is 9.19. The highest BCUT2D eigenvalue weighted by Gasteiger charge is 2.52. The maximum Gasteiger partial charge on any atom is 0.259 e. The van der Waals surface area contributed by atoms with Crippen molar-refractivity contribution in [3.63, 3.8) is 0 Å². The lowest BCUT2D eigenvalue weighted by Gasteiger charge is -2.16. The van der Waals surface area contributed by atoms with Gasteiger partial charge in [0.1, 0.15) is 6.10 Å². The van der Waals surface area contributed by atoms with Gasteiger partial charge in [-0.3, -0.25) is 14.5 Å². The Labute approximate surface area is 71.2 Å². The molecule has 0 spiro atoms. The van der Waals surface area contributed by atoms with E-state index in [9.17, 15) is 14.7 Å². The number of nitrogens with zero attached hydrogens (tertiary/aromatic N) is 1. The topological polar surface area (TPSA) is 57.6 Å². The van der Waals surface area contributed by atoms with Crippen LogP contribution in [-0.4, -0.2) is 34.5 Å². The fourth-order valence-electron chi connectivity index (χ4n) is 1.32. The normalized spacial score (nSPS) is 28.3. The molecule has 4 heteroatoms. The molecule has 1 saturated heterocycles. The van der Waals surface area contributed by atoms with Crippen molar-refractivity contribution >= 4 is 11.8 Å². The molecule has 2 amide bonds. The number of aliphatic hydroxyl groups is 1. The minimum atomic E-state index is -1.18. The number of rotatable bonds is 1. The van der Waals surface area contributed by atoms with E-state index in [4.69, 9.17) is 0 Å². The molecule has 0 saturated carbocycles. The summed E-state index contributed by atoms with van der Waals surface area (Å²) in [6.07, 6.45) is -1.18. The molecule has 1 aliphatic rings. The van der Waals surface area contributed by atoms with Crippen LogP contribution in [-0.2, 0) is 9.59 Å². The van der Waals surface area contributed by atoms with Crippen molar-refractivity contribution in [3.8, 4) is 0 Å². The van der Waals surface area contributed by atoms with E-state index >= 15 is 0 Å². The number of likely N-dealkylation sites (N-methyl/N-ethyl adjacent to an activating group) is 1. The zero-order valence-electron chi connectivity index (χ0n) is 7.50. The Morgan fingerprint density at radius 2 is 2.00 bits per heavy atom. The van der Waals surface area contributed by atoms with Crippen LogP contribution in [0, 0.1) is 5.41 Å². The fraction of sp³-hybridized carbons (Fsp3) is 0.750. The van der Waals surface area contributed by atoms with Gasteiger partial charge >= 0.3 is 0 Å². The maximum atomic E-state index is 11.4. The first-order chi connectivity index (χ1) is 5.42. The zero-order chi connectivity index (χ0) is 9.52. The van der Waals surface area contributed by atoms with Crippen LogP contribution in [0.4, 0.5) is 0 Å². The van der Waals surface area contributed by atoms with Gasteiger partial charge in [0.15, 0.2) is 0 Å². The van der Waals surface area contributed by atoms with Crippen molar-refractivity contribution in [2.24, 2.45) is 5.41 Å². The highest BCUT2D eigenvalue weighted by Crippen LogP contribution is 2.31. The number of likely N-dealkylation sites (tertiary alicyclic amines) is 1. The summed E-state index contributed by atoms with van der Waals surface area (Å²) in [6, 6.07) is 0. The molecule has 1 rings (SSSR count). The molecular formula is C8H13NO3. The van der Waals surface area contributed by atoms with Gasteiger partial charge in [0, 0.05) is 6.54 Å². The molecule has 1 heterocycles. The molecule has 0 bridgehead atoms. The van der Waals surface area contributed by atoms with Crippen molar-refractivity contribution < 1.29 is 14.7 Å². The van der Waals surface area contributed by atoms with Crippen LogP contribution in [0.1, 0.15) is 20.8 Å². The van der Waals surface area contributed by atoms with Gasteiger partial charge in [0.2, 0.25) is 5.91 Å². The van der Waals surface area contributed by atoms with Gasteiger partial charge in [0.05, 0.1) is 5.41 Å². The van der Waals surface area contributed by atoms with Crippen LogP contribution in [0.15, 0.2) is 0 Å². The van der Waals surface area contributed by atoms with Gasteiger partial charge < -0.3 is 5.11 Å². The lowest BCUT2D eigenvalue weighted by molar-refractivity contribution is -0.141. The van der Waals surface area contributed by atoms with Gasteiger partial charge in [-0.05, 0) is 20.8 Å². The third kappa shape index (κ3) is 0.948. The highest BCUT2D eigenvalue weighted by atomic mass is 16.3. The summed E-state index contributed by atoms with van der Waals surface area (Å²) in [4.78, 5) is 23.7. The summed E-state index contributed by atoms with van der Waals surface area (Å²) in [7, 11) is 0. The fourth-order valence-corrected chi connectivity index (χ4v) is 1.32. The van der Waals surface area contributed by atoms with Crippen molar-refractivity contribution in [3.05, 3.63) is 0 Å². The minimum absolute atomic E-state index is 0.289. The summed E-state index contributed by atoms with van der Waals surface area (Å²) in [6.45, 7) is 5.20. The van der Waals surface area contributed by atoms with Crippen LogP contribution in [0.3, 0.4) is 0 Å². The van der Waals surface area contributed by atoms with Crippen molar-refractivity contribution in [2.45, 2.75) is 26.9 Å². The van der Waals surface area contributed by atoms with Crippen LogP contribution in [0.25, 0.3) is 0 Å². The predicted molar refractivity (Wildman–Crippen MR) is 42.2 cm³/mol. The van der Waals surface area contributed by atoms with Crippen LogP contribution >= 0.6 is 0 Å². The largest absolute Gasteiger partial charge is 0.382 e. The molecule has 1 N–H and O–H groups in total. The molecule has 0 aromatic rings. The smallest absolute Gasteiger partial charge is 0.259 e. The molecule has 0 aliphatic carbocycles. The third-order valence-corrected chi connectivity index (χ3v) is 2.30. The lowest BCUT2D eigenvalue weighted by atomic mass is 9.89. The second-order valence-corrected chi connectivity index (χ2v) is 3.51. The molecule has 1 atom stereocenters. The molecule has 68 valence electrons. The van der Waals surface area contributed by atoms with E-state index in [-0.39, 0.29) is 5.91 Å².